The molecule has 1 N–H and O–H groups in total. The van der Waals surface area contributed by atoms with E-state index in [4.69, 9.17) is 0 Å². The van der Waals surface area contributed by atoms with Crippen LogP contribution in [0.4, 0.5) is 11.4 Å². The van der Waals surface area contributed by atoms with Gasteiger partial charge in [-0.2, -0.15) is 11.3 Å². The Morgan fingerprint density at radius 2 is 1.81 bits per heavy atom. The molecule has 26 heavy (non-hydrogen) atoms. The molecule has 1 atom stereocenters. The first-order valence-electron chi connectivity index (χ1n) is 8.41. The maximum absolute atomic E-state index is 13.4. The van der Waals surface area contributed by atoms with Crippen molar-refractivity contribution >= 4 is 34.5 Å². The van der Waals surface area contributed by atoms with Crippen molar-refractivity contribution in [3.8, 4) is 0 Å². The number of rotatable bonds is 4. The van der Waals surface area contributed by atoms with Gasteiger partial charge in [-0.3, -0.25) is 14.5 Å². The van der Waals surface area contributed by atoms with Crippen LogP contribution < -0.4 is 10.2 Å². The Morgan fingerprint density at radius 3 is 2.46 bits per heavy atom. The molecule has 0 saturated carbocycles. The van der Waals surface area contributed by atoms with Crippen molar-refractivity contribution in [2.24, 2.45) is 0 Å². The number of nitrogens with zero attached hydrogens (tertiary/aromatic N) is 1. The zero-order valence-electron chi connectivity index (χ0n) is 14.3. The van der Waals surface area contributed by atoms with Gasteiger partial charge in [-0.1, -0.05) is 36.4 Å². The summed E-state index contributed by atoms with van der Waals surface area (Å²) in [5.74, 6) is -0.240. The molecule has 4 nitrogen and oxygen atoms in total. The summed E-state index contributed by atoms with van der Waals surface area (Å²) < 4.78 is 0. The highest BCUT2D eigenvalue weighted by Gasteiger charge is 2.58. The van der Waals surface area contributed by atoms with Gasteiger partial charge in [0.15, 0.2) is 5.54 Å². The average Bonchev–Trinajstić information content (AvgIpc) is 3.16. The monoisotopic (exact) mass is 362 g/mol. The molecule has 0 spiro atoms. The first-order valence-corrected chi connectivity index (χ1v) is 9.35. The number of benzene rings is 2. The first-order chi connectivity index (χ1) is 12.6. The lowest BCUT2D eigenvalue weighted by Gasteiger charge is -2.50. The number of para-hydroxylation sites is 2. The molecule has 4 rings (SSSR count). The van der Waals surface area contributed by atoms with Crippen molar-refractivity contribution in [3.63, 3.8) is 0 Å². The molecule has 130 valence electrons. The van der Waals surface area contributed by atoms with E-state index in [0.717, 1.165) is 22.5 Å². The van der Waals surface area contributed by atoms with Crippen LogP contribution in [0.1, 0.15) is 17.5 Å². The Morgan fingerprint density at radius 1 is 1.08 bits per heavy atom. The van der Waals surface area contributed by atoms with Crippen LogP contribution >= 0.6 is 11.3 Å². The number of hydrogen-bond acceptors (Lipinski definition) is 3. The Hall–Kier alpha value is -2.92. The largest absolute Gasteiger partial charge is 0.323 e. The summed E-state index contributed by atoms with van der Waals surface area (Å²) in [5, 5.41) is 6.91. The fraction of sp³-hybridized carbons (Fsp3) is 0.143. The number of carbonyl (C=O) groups excluding carboxylic acids is 2. The molecular formula is C21H18N2O2S. The standard InChI is InChI=1S/C21H18N2O2S/c1-15-7-5-6-10-18(15)22-20(25)21(16-11-12-26-14-16)13-19(24)23(21)17-8-3-2-4-9-17/h2-12,14H,13H2,1H3,(H,22,25)/t21-/m0/s1. The molecule has 5 heteroatoms. The van der Waals surface area contributed by atoms with Crippen molar-refractivity contribution in [3.05, 3.63) is 82.6 Å². The fourth-order valence-electron chi connectivity index (χ4n) is 3.42. The van der Waals surface area contributed by atoms with E-state index in [-0.39, 0.29) is 18.2 Å². The van der Waals surface area contributed by atoms with E-state index in [0.29, 0.717) is 0 Å². The summed E-state index contributed by atoms with van der Waals surface area (Å²) in [6.07, 6.45) is 0.163. The summed E-state index contributed by atoms with van der Waals surface area (Å²) in [6, 6.07) is 18.9. The summed E-state index contributed by atoms with van der Waals surface area (Å²) >= 11 is 1.52. The molecule has 0 aliphatic carbocycles. The minimum absolute atomic E-state index is 0.0534. The molecule has 0 radical (unpaired) electrons. The van der Waals surface area contributed by atoms with E-state index in [1.165, 1.54) is 11.3 Å². The zero-order chi connectivity index (χ0) is 18.1. The van der Waals surface area contributed by atoms with Gasteiger partial charge >= 0.3 is 0 Å². The number of anilines is 2. The minimum Gasteiger partial charge on any atom is -0.323 e. The second-order valence-electron chi connectivity index (χ2n) is 6.38. The lowest BCUT2D eigenvalue weighted by atomic mass is 9.77. The molecule has 1 saturated heterocycles. The van der Waals surface area contributed by atoms with Crippen molar-refractivity contribution in [1.82, 2.24) is 0 Å². The molecule has 2 amide bonds. The number of carbonyl (C=O) groups is 2. The highest BCUT2D eigenvalue weighted by atomic mass is 32.1. The average molecular weight is 362 g/mol. The van der Waals surface area contributed by atoms with Gasteiger partial charge in [0, 0.05) is 11.4 Å². The summed E-state index contributed by atoms with van der Waals surface area (Å²) in [7, 11) is 0. The van der Waals surface area contributed by atoms with Crippen LogP contribution in [-0.2, 0) is 15.1 Å². The van der Waals surface area contributed by atoms with E-state index in [9.17, 15) is 9.59 Å². The highest BCUT2D eigenvalue weighted by molar-refractivity contribution is 7.08. The molecule has 2 heterocycles. The van der Waals surface area contributed by atoms with Crippen molar-refractivity contribution < 1.29 is 9.59 Å². The van der Waals surface area contributed by atoms with Crippen LogP contribution in [0.2, 0.25) is 0 Å². The SMILES string of the molecule is Cc1ccccc1NC(=O)[C@@]1(c2ccsc2)CC(=O)N1c1ccccc1. The van der Waals surface area contributed by atoms with E-state index >= 15 is 0 Å². The van der Waals surface area contributed by atoms with Crippen LogP contribution in [-0.4, -0.2) is 11.8 Å². The number of nitrogens with one attached hydrogen (secondary N) is 1. The number of thiophene rings is 1. The van der Waals surface area contributed by atoms with Crippen LogP contribution in [0.25, 0.3) is 0 Å². The Labute approximate surface area is 156 Å². The molecule has 0 unspecified atom stereocenters. The highest BCUT2D eigenvalue weighted by Crippen LogP contribution is 2.46. The number of β-lactam (4-membered cyclic amide) rings is 1. The van der Waals surface area contributed by atoms with Crippen molar-refractivity contribution in [2.45, 2.75) is 18.9 Å². The van der Waals surface area contributed by atoms with Gasteiger partial charge < -0.3 is 5.32 Å². The molecule has 1 aliphatic heterocycles. The zero-order valence-corrected chi connectivity index (χ0v) is 15.1. The molecule has 2 aromatic carbocycles. The first kappa shape index (κ1) is 16.5. The maximum Gasteiger partial charge on any atom is 0.255 e. The third-order valence-electron chi connectivity index (χ3n) is 4.82. The molecule has 0 bridgehead atoms. The lowest BCUT2D eigenvalue weighted by Crippen LogP contribution is -2.67. The van der Waals surface area contributed by atoms with Crippen LogP contribution in [0, 0.1) is 6.92 Å². The van der Waals surface area contributed by atoms with E-state index in [2.05, 4.69) is 5.32 Å². The molecular weight excluding hydrogens is 344 g/mol. The summed E-state index contributed by atoms with van der Waals surface area (Å²) in [5.41, 5.74) is 2.31. The number of amides is 2. The quantitative estimate of drug-likeness (QED) is 0.703. The van der Waals surface area contributed by atoms with Gasteiger partial charge in [-0.05, 0) is 53.1 Å². The summed E-state index contributed by atoms with van der Waals surface area (Å²) in [6.45, 7) is 1.95. The third kappa shape index (κ3) is 2.52. The lowest BCUT2D eigenvalue weighted by molar-refractivity contribution is -0.137. The van der Waals surface area contributed by atoms with E-state index < -0.39 is 5.54 Å². The summed E-state index contributed by atoms with van der Waals surface area (Å²) in [4.78, 5) is 27.5. The topological polar surface area (TPSA) is 49.4 Å². The fourth-order valence-corrected chi connectivity index (χ4v) is 4.15. The third-order valence-corrected chi connectivity index (χ3v) is 5.50. The van der Waals surface area contributed by atoms with Gasteiger partial charge in [0.2, 0.25) is 5.91 Å². The number of hydrogen-bond donors (Lipinski definition) is 1. The Kier molecular flexibility index (Phi) is 4.09. The Balaban J connectivity index is 1.77. The van der Waals surface area contributed by atoms with Crippen molar-refractivity contribution in [2.75, 3.05) is 10.2 Å². The van der Waals surface area contributed by atoms with Gasteiger partial charge in [-0.15, -0.1) is 0 Å². The number of aryl methyl sites for hydroxylation is 1. The molecule has 1 aliphatic rings. The van der Waals surface area contributed by atoms with Gasteiger partial charge in [0.1, 0.15) is 0 Å². The molecule has 3 aromatic rings. The van der Waals surface area contributed by atoms with Gasteiger partial charge in [-0.25, -0.2) is 0 Å². The maximum atomic E-state index is 13.4. The van der Waals surface area contributed by atoms with E-state index in [1.54, 1.807) is 4.90 Å². The predicted molar refractivity (Wildman–Crippen MR) is 104 cm³/mol. The Bertz CT molecular complexity index is 953. The van der Waals surface area contributed by atoms with Gasteiger partial charge in [0.25, 0.3) is 5.91 Å². The van der Waals surface area contributed by atoms with Crippen LogP contribution in [0.15, 0.2) is 71.4 Å². The van der Waals surface area contributed by atoms with Crippen LogP contribution in [0.5, 0.6) is 0 Å². The van der Waals surface area contributed by atoms with Gasteiger partial charge in [0.05, 0.1) is 6.42 Å². The predicted octanol–water partition coefficient (Wildman–Crippen LogP) is 4.33. The second kappa shape index (κ2) is 6.42. The second-order valence-corrected chi connectivity index (χ2v) is 7.16. The molecule has 1 fully saturated rings. The van der Waals surface area contributed by atoms with Crippen molar-refractivity contribution in [1.29, 1.82) is 0 Å². The normalized spacial score (nSPS) is 19.1. The smallest absolute Gasteiger partial charge is 0.255 e. The van der Waals surface area contributed by atoms with E-state index in [1.807, 2.05) is 78.3 Å². The minimum atomic E-state index is -1.01. The van der Waals surface area contributed by atoms with Crippen LogP contribution in [0.3, 0.4) is 0 Å². The molecule has 1 aromatic heterocycles.